The Kier molecular flexibility index (Phi) is 4.32. The molecule has 0 unspecified atom stereocenters. The number of hydrogen-bond donors (Lipinski definition) is 4. The van der Waals surface area contributed by atoms with Gasteiger partial charge in [0.2, 0.25) is 0 Å². The molecule has 0 aliphatic heterocycles. The van der Waals surface area contributed by atoms with Gasteiger partial charge >= 0.3 is 23.9 Å². The lowest BCUT2D eigenvalue weighted by Gasteiger charge is -2.14. The summed E-state index contributed by atoms with van der Waals surface area (Å²) < 4.78 is 0. The number of hydrogen-bond acceptors (Lipinski definition) is 5. The Hall–Kier alpha value is -2.91. The summed E-state index contributed by atoms with van der Waals surface area (Å²) in [5.74, 6) is -6.86. The molecule has 0 saturated heterocycles. The molecule has 0 radical (unpaired) electrons. The van der Waals surface area contributed by atoms with Gasteiger partial charge in [0.1, 0.15) is 0 Å². The van der Waals surface area contributed by atoms with Crippen molar-refractivity contribution in [3.63, 3.8) is 0 Å². The topological polar surface area (TPSA) is 162 Å². The van der Waals surface area contributed by atoms with Crippen molar-refractivity contribution in [1.82, 2.24) is 4.98 Å². The molecule has 1 heterocycles. The van der Waals surface area contributed by atoms with Gasteiger partial charge < -0.3 is 20.4 Å². The summed E-state index contributed by atoms with van der Waals surface area (Å²) in [6.45, 7) is 0. The number of rotatable bonds is 4. The normalized spacial score (nSPS) is 10.6. The van der Waals surface area contributed by atoms with Crippen molar-refractivity contribution in [2.75, 3.05) is 0 Å². The van der Waals surface area contributed by atoms with Gasteiger partial charge in [0.25, 0.3) is 0 Å². The van der Waals surface area contributed by atoms with E-state index >= 15 is 0 Å². The Morgan fingerprint density at radius 2 is 1.25 bits per heavy atom. The fraction of sp³-hybridized carbons (Fsp3) is 0. The van der Waals surface area contributed by atoms with Gasteiger partial charge in [0.05, 0.1) is 37.8 Å². The van der Waals surface area contributed by atoms with Gasteiger partial charge in [-0.1, -0.05) is 23.2 Å². The zero-order valence-electron chi connectivity index (χ0n) is 11.2. The second kappa shape index (κ2) is 5.95. The lowest BCUT2D eigenvalue weighted by atomic mass is 9.96. The molecule has 24 heavy (non-hydrogen) atoms. The van der Waals surface area contributed by atoms with Gasteiger partial charge in [-0.2, -0.15) is 0 Å². The fourth-order valence-electron chi connectivity index (χ4n) is 2.14. The highest BCUT2D eigenvalue weighted by Crippen LogP contribution is 2.38. The molecule has 11 heteroatoms. The van der Waals surface area contributed by atoms with E-state index in [-0.39, 0.29) is 0 Å². The third-order valence-electron chi connectivity index (χ3n) is 3.07. The summed E-state index contributed by atoms with van der Waals surface area (Å²) in [7, 11) is 0. The van der Waals surface area contributed by atoms with Crippen LogP contribution in [0.3, 0.4) is 0 Å². The zero-order valence-corrected chi connectivity index (χ0v) is 12.7. The summed E-state index contributed by atoms with van der Waals surface area (Å²) >= 11 is 11.6. The second-order valence-corrected chi connectivity index (χ2v) is 5.12. The first kappa shape index (κ1) is 17.4. The van der Waals surface area contributed by atoms with E-state index in [1.165, 1.54) is 0 Å². The second-order valence-electron chi connectivity index (χ2n) is 4.37. The number of aromatic nitrogens is 1. The van der Waals surface area contributed by atoms with E-state index in [1.54, 1.807) is 0 Å². The van der Waals surface area contributed by atoms with E-state index < -0.39 is 67.1 Å². The zero-order chi connectivity index (χ0) is 18.3. The van der Waals surface area contributed by atoms with Crippen LogP contribution in [0, 0.1) is 0 Å². The average Bonchev–Trinajstić information content (AvgIpc) is 2.44. The molecule has 0 saturated carbocycles. The molecular weight excluding hydrogens is 369 g/mol. The number of carboxylic acid groups (broad SMARTS) is 4. The molecule has 0 aliphatic rings. The monoisotopic (exact) mass is 373 g/mol. The van der Waals surface area contributed by atoms with E-state index in [9.17, 15) is 29.4 Å². The molecule has 4 N–H and O–H groups in total. The Labute approximate surface area is 141 Å². The predicted molar refractivity (Wildman–Crippen MR) is 79.6 cm³/mol. The molecule has 0 atom stereocenters. The molecule has 9 nitrogen and oxygen atoms in total. The van der Waals surface area contributed by atoms with E-state index in [0.29, 0.717) is 6.20 Å². The molecule has 0 fully saturated rings. The first-order chi connectivity index (χ1) is 11.1. The van der Waals surface area contributed by atoms with Crippen LogP contribution in [0.4, 0.5) is 0 Å². The molecule has 0 amide bonds. The van der Waals surface area contributed by atoms with Crippen molar-refractivity contribution in [2.24, 2.45) is 0 Å². The maximum absolute atomic E-state index is 11.5. The molecule has 1 aromatic heterocycles. The first-order valence-electron chi connectivity index (χ1n) is 5.86. The maximum atomic E-state index is 11.5. The number of carbonyl (C=O) groups is 4. The highest BCUT2D eigenvalue weighted by Gasteiger charge is 2.31. The maximum Gasteiger partial charge on any atom is 0.338 e. The van der Waals surface area contributed by atoms with Crippen LogP contribution in [0.15, 0.2) is 6.20 Å². The number of aromatic carboxylic acids is 4. The molecule has 0 spiro atoms. The summed E-state index contributed by atoms with van der Waals surface area (Å²) in [5, 5.41) is 34.7. The molecule has 124 valence electrons. The lowest BCUT2D eigenvalue weighted by molar-refractivity contribution is 0.0652. The van der Waals surface area contributed by atoms with Crippen molar-refractivity contribution in [3.8, 4) is 0 Å². The van der Waals surface area contributed by atoms with Gasteiger partial charge in [-0.15, -0.1) is 0 Å². The van der Waals surface area contributed by atoms with E-state index in [0.717, 1.165) is 0 Å². The third kappa shape index (κ3) is 2.49. The average molecular weight is 374 g/mol. The molecule has 2 aromatic rings. The minimum atomic E-state index is -1.77. The summed E-state index contributed by atoms with van der Waals surface area (Å²) in [6.07, 6.45) is 0.644. The van der Waals surface area contributed by atoms with Gasteiger partial charge in [-0.3, -0.25) is 4.98 Å². The van der Waals surface area contributed by atoms with Crippen LogP contribution >= 0.6 is 23.2 Å². The van der Waals surface area contributed by atoms with Crippen LogP contribution in [-0.2, 0) is 0 Å². The van der Waals surface area contributed by atoms with Crippen molar-refractivity contribution < 1.29 is 39.6 Å². The highest BCUT2D eigenvalue weighted by molar-refractivity contribution is 6.45. The SMILES string of the molecule is O=C(O)c1cnc2c(Cl)c(C(=O)O)c(Cl)c(C(=O)O)c2c1C(=O)O. The highest BCUT2D eigenvalue weighted by atomic mass is 35.5. The van der Waals surface area contributed by atoms with Gasteiger partial charge in [0.15, 0.2) is 0 Å². The van der Waals surface area contributed by atoms with E-state index in [2.05, 4.69) is 4.98 Å². The quantitative estimate of drug-likeness (QED) is 0.629. The first-order valence-corrected chi connectivity index (χ1v) is 6.62. The number of halogens is 2. The number of fused-ring (bicyclic) bond motifs is 1. The van der Waals surface area contributed by atoms with E-state index in [1.807, 2.05) is 0 Å². The molecule has 2 rings (SSSR count). The number of benzene rings is 1. The Balaban J connectivity index is 3.26. The molecular formula is C13H5Cl2NO8. The van der Waals surface area contributed by atoms with Crippen molar-refractivity contribution >= 4 is 58.0 Å². The molecule has 1 aromatic carbocycles. The standard InChI is InChI=1S/C13H5Cl2NO8/c14-7-5(12(21)22)4-3(11(19)20)2(10(17)18)1-16-9(4)8(15)6(7)13(23)24/h1H,(H,17,18)(H,19,20)(H,21,22)(H,23,24). The van der Waals surface area contributed by atoms with Crippen LogP contribution in [0.25, 0.3) is 10.9 Å². The Morgan fingerprint density at radius 3 is 1.67 bits per heavy atom. The minimum absolute atomic E-state index is 0.502. The third-order valence-corrected chi connectivity index (χ3v) is 3.81. The number of carboxylic acids is 4. The fourth-order valence-corrected chi connectivity index (χ4v) is 2.86. The summed E-state index contributed by atoms with van der Waals surface area (Å²) in [6, 6.07) is 0. The van der Waals surface area contributed by atoms with Gasteiger partial charge in [0, 0.05) is 11.6 Å². The predicted octanol–water partition coefficient (Wildman–Crippen LogP) is 2.33. The van der Waals surface area contributed by atoms with Gasteiger partial charge in [-0.05, 0) is 0 Å². The van der Waals surface area contributed by atoms with Crippen molar-refractivity contribution in [2.45, 2.75) is 0 Å². The smallest absolute Gasteiger partial charge is 0.338 e. The van der Waals surface area contributed by atoms with Crippen LogP contribution in [0.5, 0.6) is 0 Å². The lowest BCUT2D eigenvalue weighted by Crippen LogP contribution is -2.14. The van der Waals surface area contributed by atoms with Crippen LogP contribution in [0.1, 0.15) is 41.4 Å². The minimum Gasteiger partial charge on any atom is -0.478 e. The van der Waals surface area contributed by atoms with Crippen LogP contribution < -0.4 is 0 Å². The summed E-state index contributed by atoms with van der Waals surface area (Å²) in [4.78, 5) is 49.0. The van der Waals surface area contributed by atoms with Crippen LogP contribution in [0.2, 0.25) is 10.0 Å². The Morgan fingerprint density at radius 1 is 0.750 bits per heavy atom. The van der Waals surface area contributed by atoms with E-state index in [4.69, 9.17) is 33.4 Å². The largest absolute Gasteiger partial charge is 0.478 e. The number of nitrogens with zero attached hydrogens (tertiary/aromatic N) is 1. The van der Waals surface area contributed by atoms with Crippen molar-refractivity contribution in [3.05, 3.63) is 38.5 Å². The summed E-state index contributed by atoms with van der Waals surface area (Å²) in [5.41, 5.74) is -3.91. The Bertz CT molecular complexity index is 953. The van der Waals surface area contributed by atoms with Gasteiger partial charge in [-0.25, -0.2) is 19.2 Å². The molecule has 0 bridgehead atoms. The van der Waals surface area contributed by atoms with Crippen molar-refractivity contribution in [1.29, 1.82) is 0 Å². The van der Waals surface area contributed by atoms with Crippen LogP contribution in [-0.4, -0.2) is 49.3 Å². The number of pyridine rings is 1. The molecule has 0 aliphatic carbocycles.